The number of nitrogens with zero attached hydrogens (tertiary/aromatic N) is 1. The molecule has 0 aliphatic heterocycles. The van der Waals surface area contributed by atoms with Gasteiger partial charge < -0.3 is 0 Å². The summed E-state index contributed by atoms with van der Waals surface area (Å²) in [5, 5.41) is 2.85. The Morgan fingerprint density at radius 1 is 1.13 bits per heavy atom. The zero-order valence-corrected chi connectivity index (χ0v) is 12.8. The van der Waals surface area contributed by atoms with Gasteiger partial charge in [-0.25, -0.2) is 13.8 Å². The molecule has 0 unspecified atom stereocenters. The van der Waals surface area contributed by atoms with E-state index in [0.29, 0.717) is 11.0 Å². The van der Waals surface area contributed by atoms with E-state index in [4.69, 9.17) is 0 Å². The number of para-hydroxylation sites is 1. The molecule has 1 N–H and O–H groups in total. The van der Waals surface area contributed by atoms with Crippen LogP contribution in [0.3, 0.4) is 0 Å². The third-order valence-electron chi connectivity index (χ3n) is 3.88. The summed E-state index contributed by atoms with van der Waals surface area (Å²) in [5.74, 6) is -2.06. The van der Waals surface area contributed by atoms with Gasteiger partial charge in [-0.05, 0) is 42.5 Å². The first-order chi connectivity index (χ1) is 11.1. The first kappa shape index (κ1) is 14.3. The van der Waals surface area contributed by atoms with Crippen LogP contribution in [0, 0.1) is 11.6 Å². The van der Waals surface area contributed by atoms with Crippen molar-refractivity contribution in [1.82, 2.24) is 4.98 Å². The van der Waals surface area contributed by atoms with Gasteiger partial charge in [-0.2, -0.15) is 0 Å². The fourth-order valence-electron chi connectivity index (χ4n) is 2.62. The zero-order valence-electron chi connectivity index (χ0n) is 12.0. The van der Waals surface area contributed by atoms with Crippen molar-refractivity contribution in [3.63, 3.8) is 0 Å². The summed E-state index contributed by atoms with van der Waals surface area (Å²) in [6.07, 6.45) is 2.30. The summed E-state index contributed by atoms with van der Waals surface area (Å²) in [4.78, 5) is 16.6. The Morgan fingerprint density at radius 3 is 2.52 bits per heavy atom. The van der Waals surface area contributed by atoms with Crippen molar-refractivity contribution in [3.05, 3.63) is 59.2 Å². The largest absolute Gasteiger partial charge is 0.298 e. The first-order valence-electron chi connectivity index (χ1n) is 7.28. The molecule has 0 atom stereocenters. The van der Waals surface area contributed by atoms with Crippen LogP contribution in [0.1, 0.15) is 34.7 Å². The van der Waals surface area contributed by atoms with E-state index in [0.717, 1.165) is 35.2 Å². The van der Waals surface area contributed by atoms with Crippen LogP contribution in [-0.4, -0.2) is 10.9 Å². The summed E-state index contributed by atoms with van der Waals surface area (Å²) >= 11 is 1.30. The number of thiazole rings is 1. The highest BCUT2D eigenvalue weighted by Gasteiger charge is 2.27. The van der Waals surface area contributed by atoms with E-state index in [9.17, 15) is 13.6 Å². The summed E-state index contributed by atoms with van der Waals surface area (Å²) in [7, 11) is 0. The molecule has 2 aromatic carbocycles. The minimum atomic E-state index is -0.887. The number of carbonyl (C=O) groups excluding carboxylic acids is 1. The predicted octanol–water partition coefficient (Wildman–Crippen LogP) is 4.70. The maximum atomic E-state index is 13.7. The van der Waals surface area contributed by atoms with Crippen LogP contribution in [0.5, 0.6) is 0 Å². The molecule has 1 saturated carbocycles. The molecular formula is C17H12F2N2OS. The predicted molar refractivity (Wildman–Crippen MR) is 85.9 cm³/mol. The molecule has 0 radical (unpaired) electrons. The molecule has 1 aliphatic rings. The Hall–Kier alpha value is -2.34. The molecule has 1 amide bonds. The fourth-order valence-corrected chi connectivity index (χ4v) is 3.52. The van der Waals surface area contributed by atoms with Gasteiger partial charge in [0.05, 0.1) is 10.2 Å². The number of nitrogens with one attached hydrogen (secondary N) is 1. The van der Waals surface area contributed by atoms with E-state index in [1.807, 2.05) is 18.2 Å². The second kappa shape index (κ2) is 5.38. The zero-order chi connectivity index (χ0) is 16.0. The third kappa shape index (κ3) is 2.59. The molecule has 0 bridgehead atoms. The molecule has 3 aromatic rings. The van der Waals surface area contributed by atoms with Gasteiger partial charge in [-0.3, -0.25) is 10.1 Å². The maximum Gasteiger partial charge on any atom is 0.263 e. The van der Waals surface area contributed by atoms with Crippen LogP contribution in [0.15, 0.2) is 36.4 Å². The van der Waals surface area contributed by atoms with Crippen molar-refractivity contribution < 1.29 is 13.6 Å². The number of anilines is 1. The lowest BCUT2D eigenvalue weighted by Gasteiger charge is -2.04. The number of aromatic nitrogens is 1. The molecule has 3 nitrogen and oxygen atoms in total. The van der Waals surface area contributed by atoms with Crippen LogP contribution in [0.25, 0.3) is 10.2 Å². The number of fused-ring (bicyclic) bond motifs is 1. The number of halogens is 2. The van der Waals surface area contributed by atoms with Gasteiger partial charge in [0.15, 0.2) is 5.13 Å². The summed E-state index contributed by atoms with van der Waals surface area (Å²) in [6, 6.07) is 9.28. The van der Waals surface area contributed by atoms with Crippen molar-refractivity contribution in [2.75, 3.05) is 5.32 Å². The lowest BCUT2D eigenvalue weighted by atomic mass is 10.1. The first-order valence-corrected chi connectivity index (χ1v) is 8.10. The standard InChI is InChI=1S/C17H12F2N2OS/c18-11-4-2-5-12(19)14(11)16(22)21-17-20-15-10(9-7-8-9)3-1-6-13(15)23-17/h1-6,9H,7-8H2,(H,20,21,22). The van der Waals surface area contributed by atoms with Gasteiger partial charge in [-0.15, -0.1) is 0 Å². The van der Waals surface area contributed by atoms with Gasteiger partial charge >= 0.3 is 0 Å². The van der Waals surface area contributed by atoms with Crippen molar-refractivity contribution in [2.24, 2.45) is 0 Å². The average Bonchev–Trinajstić information content (AvgIpc) is 3.26. The van der Waals surface area contributed by atoms with Crippen LogP contribution in [0.4, 0.5) is 13.9 Å². The van der Waals surface area contributed by atoms with Gasteiger partial charge in [0.1, 0.15) is 17.2 Å². The van der Waals surface area contributed by atoms with Gasteiger partial charge in [-0.1, -0.05) is 29.5 Å². The molecule has 116 valence electrons. The van der Waals surface area contributed by atoms with Gasteiger partial charge in [0, 0.05) is 0 Å². The van der Waals surface area contributed by atoms with E-state index >= 15 is 0 Å². The highest BCUT2D eigenvalue weighted by atomic mass is 32.1. The second-order valence-corrected chi connectivity index (χ2v) is 6.57. The fraction of sp³-hybridized carbons (Fsp3) is 0.176. The average molecular weight is 330 g/mol. The minimum Gasteiger partial charge on any atom is -0.298 e. The maximum absolute atomic E-state index is 13.7. The SMILES string of the molecule is O=C(Nc1nc2c(C3CC3)cccc2s1)c1c(F)cccc1F. The summed E-state index contributed by atoms with van der Waals surface area (Å²) in [5.41, 5.74) is 1.45. The molecule has 1 heterocycles. The lowest BCUT2D eigenvalue weighted by Crippen LogP contribution is -2.15. The smallest absolute Gasteiger partial charge is 0.263 e. The van der Waals surface area contributed by atoms with Crippen molar-refractivity contribution >= 4 is 32.6 Å². The molecule has 1 fully saturated rings. The molecule has 1 aliphatic carbocycles. The van der Waals surface area contributed by atoms with Crippen LogP contribution in [-0.2, 0) is 0 Å². The quantitative estimate of drug-likeness (QED) is 0.756. The molecule has 0 spiro atoms. The monoisotopic (exact) mass is 330 g/mol. The normalized spacial score (nSPS) is 14.2. The number of hydrogen-bond donors (Lipinski definition) is 1. The van der Waals surface area contributed by atoms with E-state index in [1.54, 1.807) is 0 Å². The number of rotatable bonds is 3. The van der Waals surface area contributed by atoms with Gasteiger partial charge in [0.25, 0.3) is 5.91 Å². The summed E-state index contributed by atoms with van der Waals surface area (Å²) < 4.78 is 28.3. The van der Waals surface area contributed by atoms with Crippen molar-refractivity contribution in [1.29, 1.82) is 0 Å². The Kier molecular flexibility index (Phi) is 3.34. The topological polar surface area (TPSA) is 42.0 Å². The molecule has 6 heteroatoms. The number of benzene rings is 2. The van der Waals surface area contributed by atoms with E-state index < -0.39 is 23.1 Å². The van der Waals surface area contributed by atoms with Crippen LogP contribution in [0.2, 0.25) is 0 Å². The van der Waals surface area contributed by atoms with Gasteiger partial charge in [0.2, 0.25) is 0 Å². The number of carbonyl (C=O) groups is 1. The Labute approximate surface area is 135 Å². The van der Waals surface area contributed by atoms with E-state index in [1.165, 1.54) is 23.0 Å². The Bertz CT molecular complexity index is 898. The molecular weight excluding hydrogens is 318 g/mol. The molecule has 0 saturated heterocycles. The lowest BCUT2D eigenvalue weighted by molar-refractivity contribution is 0.101. The second-order valence-electron chi connectivity index (χ2n) is 5.54. The Morgan fingerprint density at radius 2 is 1.83 bits per heavy atom. The van der Waals surface area contributed by atoms with Crippen LogP contribution >= 0.6 is 11.3 Å². The summed E-state index contributed by atoms with van der Waals surface area (Å²) in [6.45, 7) is 0. The van der Waals surface area contributed by atoms with E-state index in [2.05, 4.69) is 10.3 Å². The highest BCUT2D eigenvalue weighted by Crippen LogP contribution is 2.44. The van der Waals surface area contributed by atoms with Crippen LogP contribution < -0.4 is 5.32 Å². The molecule has 4 rings (SSSR count). The molecule has 23 heavy (non-hydrogen) atoms. The van der Waals surface area contributed by atoms with E-state index in [-0.39, 0.29) is 0 Å². The number of amides is 1. The Balaban J connectivity index is 1.68. The number of hydrogen-bond acceptors (Lipinski definition) is 3. The molecule has 1 aromatic heterocycles. The van der Waals surface area contributed by atoms with Crippen molar-refractivity contribution in [3.8, 4) is 0 Å². The third-order valence-corrected chi connectivity index (χ3v) is 4.81. The minimum absolute atomic E-state index is 0.348. The van der Waals surface area contributed by atoms with Crippen molar-refractivity contribution in [2.45, 2.75) is 18.8 Å². The highest BCUT2D eigenvalue weighted by molar-refractivity contribution is 7.22.